The first-order valence-corrected chi connectivity index (χ1v) is 12.8. The Bertz CT molecular complexity index is 1430. The predicted octanol–water partition coefficient (Wildman–Crippen LogP) is 3.50. The van der Waals surface area contributed by atoms with E-state index in [1.807, 2.05) is 62.0 Å². The van der Waals surface area contributed by atoms with E-state index in [0.717, 1.165) is 39.2 Å². The lowest BCUT2D eigenvalue weighted by molar-refractivity contribution is 0.485. The van der Waals surface area contributed by atoms with Crippen LogP contribution in [-0.2, 0) is 16.4 Å². The molecule has 5 rings (SSSR count). The zero-order valence-corrected chi connectivity index (χ0v) is 19.7. The summed E-state index contributed by atoms with van der Waals surface area (Å²) in [5.41, 5.74) is 4.74. The lowest BCUT2D eigenvalue weighted by atomic mass is 10.1. The van der Waals surface area contributed by atoms with Crippen LogP contribution in [0.3, 0.4) is 0 Å². The van der Waals surface area contributed by atoms with Crippen molar-refractivity contribution in [2.75, 3.05) is 23.5 Å². The third-order valence-corrected chi connectivity index (χ3v) is 8.04. The topological polar surface area (TPSA) is 93.9 Å². The first-order chi connectivity index (χ1) is 15.8. The summed E-state index contributed by atoms with van der Waals surface area (Å²) in [4.78, 5) is 16.0. The Morgan fingerprint density at radius 2 is 1.94 bits per heavy atom. The number of hydrogen-bond acceptors (Lipinski definition) is 7. The van der Waals surface area contributed by atoms with E-state index >= 15 is 0 Å². The monoisotopic (exact) mass is 462 g/mol. The van der Waals surface area contributed by atoms with Crippen molar-refractivity contribution >= 4 is 26.6 Å². The van der Waals surface area contributed by atoms with Crippen molar-refractivity contribution < 1.29 is 8.42 Å². The maximum absolute atomic E-state index is 12.0. The highest BCUT2D eigenvalue weighted by Crippen LogP contribution is 2.30. The van der Waals surface area contributed by atoms with Gasteiger partial charge in [0.25, 0.3) is 0 Å². The number of fused-ring (bicyclic) bond motifs is 1. The van der Waals surface area contributed by atoms with Crippen molar-refractivity contribution in [3.8, 4) is 11.4 Å². The van der Waals surface area contributed by atoms with Crippen LogP contribution in [0.15, 0.2) is 48.8 Å². The summed E-state index contributed by atoms with van der Waals surface area (Å²) >= 11 is 0. The third-order valence-electron chi connectivity index (χ3n) is 6.29. The Labute approximate surface area is 193 Å². The fourth-order valence-electron chi connectivity index (χ4n) is 4.54. The Morgan fingerprint density at radius 3 is 2.67 bits per heavy atom. The third kappa shape index (κ3) is 4.08. The molecule has 8 nitrogen and oxygen atoms in total. The predicted molar refractivity (Wildman–Crippen MR) is 129 cm³/mol. The highest BCUT2D eigenvalue weighted by molar-refractivity contribution is 7.91. The molecular formula is C24H26N6O2S. The highest BCUT2D eigenvalue weighted by Gasteiger charge is 2.31. The highest BCUT2D eigenvalue weighted by atomic mass is 32.2. The minimum atomic E-state index is -2.98. The largest absolute Gasteiger partial charge is 0.355 e. The van der Waals surface area contributed by atoms with Crippen molar-refractivity contribution in [1.82, 2.24) is 24.7 Å². The van der Waals surface area contributed by atoms with Gasteiger partial charge in [0.05, 0.1) is 28.8 Å². The van der Waals surface area contributed by atoms with Crippen LogP contribution in [0.2, 0.25) is 0 Å². The smallest absolute Gasteiger partial charge is 0.163 e. The molecule has 0 amide bonds. The molecule has 1 fully saturated rings. The lowest BCUT2D eigenvalue weighted by Crippen LogP contribution is -2.20. The normalized spacial score (nSPS) is 17.5. The van der Waals surface area contributed by atoms with Gasteiger partial charge in [-0.15, -0.1) is 0 Å². The molecule has 170 valence electrons. The summed E-state index contributed by atoms with van der Waals surface area (Å²) in [6.45, 7) is 4.60. The van der Waals surface area contributed by atoms with E-state index in [1.165, 1.54) is 0 Å². The van der Waals surface area contributed by atoms with E-state index in [9.17, 15) is 8.42 Å². The first kappa shape index (κ1) is 21.5. The SMILES string of the molecule is Cc1nn(C2CCS(=O)(=O)C2)c(C)c1CN(C)c1nc(-c2cccnc2)nc2ccccc12. The maximum Gasteiger partial charge on any atom is 0.163 e. The molecule has 1 aromatic carbocycles. The van der Waals surface area contributed by atoms with E-state index in [2.05, 4.69) is 9.88 Å². The molecule has 1 aliphatic rings. The molecule has 9 heteroatoms. The fourth-order valence-corrected chi connectivity index (χ4v) is 6.23. The number of anilines is 1. The van der Waals surface area contributed by atoms with Crippen LogP contribution < -0.4 is 4.90 Å². The zero-order chi connectivity index (χ0) is 23.2. The van der Waals surface area contributed by atoms with Crippen molar-refractivity contribution in [3.63, 3.8) is 0 Å². The Balaban J connectivity index is 1.52. The standard InChI is InChI=1S/C24H26N6O2S/c1-16-21(17(2)30(28-16)19-10-12-33(31,32)15-19)14-29(3)24-20-8-4-5-9-22(20)26-23(27-24)18-7-6-11-25-13-18/h4-9,11,13,19H,10,12,14-15H2,1-3H3. The number of pyridine rings is 1. The minimum absolute atomic E-state index is 0.0928. The molecule has 0 saturated carbocycles. The second-order valence-corrected chi connectivity index (χ2v) is 10.9. The second kappa shape index (κ2) is 8.22. The number of sulfone groups is 1. The van der Waals surface area contributed by atoms with Crippen LogP contribution >= 0.6 is 0 Å². The summed E-state index contributed by atoms with van der Waals surface area (Å²) in [6, 6.07) is 11.7. The van der Waals surface area contributed by atoms with Gasteiger partial charge in [0.15, 0.2) is 15.7 Å². The summed E-state index contributed by atoms with van der Waals surface area (Å²) in [6.07, 6.45) is 4.11. The molecule has 1 saturated heterocycles. The van der Waals surface area contributed by atoms with Crippen LogP contribution in [-0.4, -0.2) is 51.7 Å². The van der Waals surface area contributed by atoms with Gasteiger partial charge in [-0.1, -0.05) is 12.1 Å². The molecule has 4 heterocycles. The average Bonchev–Trinajstić information content (AvgIpc) is 3.32. The van der Waals surface area contributed by atoms with E-state index in [0.29, 0.717) is 18.8 Å². The van der Waals surface area contributed by atoms with Gasteiger partial charge in [-0.2, -0.15) is 5.10 Å². The molecular weight excluding hydrogens is 436 g/mol. The molecule has 1 atom stereocenters. The van der Waals surface area contributed by atoms with Gasteiger partial charge in [-0.05, 0) is 44.5 Å². The average molecular weight is 463 g/mol. The number of benzene rings is 1. The molecule has 4 aromatic rings. The van der Waals surface area contributed by atoms with Crippen molar-refractivity contribution in [2.24, 2.45) is 0 Å². The number of aryl methyl sites for hydroxylation is 1. The summed E-state index contributed by atoms with van der Waals surface area (Å²) in [5.74, 6) is 1.85. The molecule has 3 aromatic heterocycles. The maximum atomic E-state index is 12.0. The van der Waals surface area contributed by atoms with E-state index < -0.39 is 9.84 Å². The van der Waals surface area contributed by atoms with Crippen LogP contribution in [0.4, 0.5) is 5.82 Å². The van der Waals surface area contributed by atoms with E-state index in [-0.39, 0.29) is 17.5 Å². The molecule has 0 bridgehead atoms. The van der Waals surface area contributed by atoms with Gasteiger partial charge in [0.2, 0.25) is 0 Å². The van der Waals surface area contributed by atoms with Gasteiger partial charge in [0.1, 0.15) is 5.82 Å². The number of nitrogens with zero attached hydrogens (tertiary/aromatic N) is 6. The number of rotatable bonds is 5. The van der Waals surface area contributed by atoms with Gasteiger partial charge in [-0.3, -0.25) is 9.67 Å². The Hall–Kier alpha value is -3.33. The van der Waals surface area contributed by atoms with Gasteiger partial charge < -0.3 is 4.90 Å². The number of aromatic nitrogens is 5. The zero-order valence-electron chi connectivity index (χ0n) is 18.9. The first-order valence-electron chi connectivity index (χ1n) is 11.0. The molecule has 1 aliphatic heterocycles. The van der Waals surface area contributed by atoms with Crippen LogP contribution in [0.1, 0.15) is 29.4 Å². The van der Waals surface area contributed by atoms with E-state index in [1.54, 1.807) is 12.4 Å². The van der Waals surface area contributed by atoms with Gasteiger partial charge in [0, 0.05) is 48.2 Å². The second-order valence-electron chi connectivity index (χ2n) is 8.64. The fraction of sp³-hybridized carbons (Fsp3) is 0.333. The summed E-state index contributed by atoms with van der Waals surface area (Å²) < 4.78 is 25.9. The molecule has 1 unspecified atom stereocenters. The Kier molecular flexibility index (Phi) is 5.36. The molecule has 0 aliphatic carbocycles. The quantitative estimate of drug-likeness (QED) is 0.448. The van der Waals surface area contributed by atoms with Gasteiger partial charge in [-0.25, -0.2) is 18.4 Å². The molecule has 0 radical (unpaired) electrons. The lowest BCUT2D eigenvalue weighted by Gasteiger charge is -2.21. The van der Waals surface area contributed by atoms with Crippen LogP contribution in [0, 0.1) is 13.8 Å². The molecule has 0 spiro atoms. The molecule has 0 N–H and O–H groups in total. The van der Waals surface area contributed by atoms with Crippen molar-refractivity contribution in [1.29, 1.82) is 0 Å². The van der Waals surface area contributed by atoms with Crippen molar-refractivity contribution in [2.45, 2.75) is 32.9 Å². The summed E-state index contributed by atoms with van der Waals surface area (Å²) in [5, 5.41) is 5.69. The molecule has 33 heavy (non-hydrogen) atoms. The summed E-state index contributed by atoms with van der Waals surface area (Å²) in [7, 11) is -0.967. The number of para-hydroxylation sites is 1. The Morgan fingerprint density at radius 1 is 1.12 bits per heavy atom. The van der Waals surface area contributed by atoms with Crippen LogP contribution in [0.5, 0.6) is 0 Å². The minimum Gasteiger partial charge on any atom is -0.355 e. The van der Waals surface area contributed by atoms with Crippen molar-refractivity contribution in [3.05, 3.63) is 65.7 Å². The van der Waals surface area contributed by atoms with Crippen LogP contribution in [0.25, 0.3) is 22.3 Å². The van der Waals surface area contributed by atoms with E-state index in [4.69, 9.17) is 15.1 Å². The van der Waals surface area contributed by atoms with Gasteiger partial charge >= 0.3 is 0 Å². The number of hydrogen-bond donors (Lipinski definition) is 0.